The minimum absolute atomic E-state index is 0.463. The van der Waals surface area contributed by atoms with Crippen LogP contribution in [-0.4, -0.2) is 15.0 Å². The summed E-state index contributed by atoms with van der Waals surface area (Å²) < 4.78 is 0.844. The number of aromatic amines is 1. The summed E-state index contributed by atoms with van der Waals surface area (Å²) in [6.07, 6.45) is 0. The first kappa shape index (κ1) is 11.5. The van der Waals surface area contributed by atoms with Gasteiger partial charge in [-0.05, 0) is 40.2 Å². The molecule has 0 aliphatic carbocycles. The van der Waals surface area contributed by atoms with Crippen molar-refractivity contribution in [3.8, 4) is 11.5 Å². The first-order valence-corrected chi connectivity index (χ1v) is 6.38. The van der Waals surface area contributed by atoms with Crippen molar-refractivity contribution in [2.75, 3.05) is 5.73 Å². The molecular formula is C12H8BrClN4. The van der Waals surface area contributed by atoms with Crippen LogP contribution in [0.3, 0.4) is 0 Å². The molecular weight excluding hydrogens is 316 g/mol. The Balaban J connectivity index is 2.22. The fourth-order valence-corrected chi connectivity index (χ4v) is 2.65. The van der Waals surface area contributed by atoms with E-state index in [9.17, 15) is 0 Å². The quantitative estimate of drug-likeness (QED) is 0.718. The molecule has 0 amide bonds. The third kappa shape index (κ3) is 1.95. The standard InChI is InChI=1S/C12H8BrClN4/c13-7-4-6(14)5-9-11(7)18-12(17-9)8-2-1-3-10(15)16-8/h1-5H,(H2,15,16)(H,17,18). The van der Waals surface area contributed by atoms with Crippen molar-refractivity contribution >= 4 is 44.4 Å². The first-order chi connectivity index (χ1) is 8.63. The Labute approximate surface area is 116 Å². The Bertz CT molecular complexity index is 738. The number of aromatic nitrogens is 3. The van der Waals surface area contributed by atoms with Gasteiger partial charge < -0.3 is 10.7 Å². The van der Waals surface area contributed by atoms with Gasteiger partial charge in [0.2, 0.25) is 0 Å². The zero-order chi connectivity index (χ0) is 12.7. The Morgan fingerprint density at radius 1 is 1.22 bits per heavy atom. The van der Waals surface area contributed by atoms with Gasteiger partial charge in [0.15, 0.2) is 5.82 Å². The smallest absolute Gasteiger partial charge is 0.157 e. The summed E-state index contributed by atoms with van der Waals surface area (Å²) in [5.74, 6) is 1.13. The molecule has 2 heterocycles. The number of anilines is 1. The van der Waals surface area contributed by atoms with Crippen molar-refractivity contribution in [1.82, 2.24) is 15.0 Å². The van der Waals surface area contributed by atoms with Crippen molar-refractivity contribution in [3.05, 3.63) is 39.8 Å². The Morgan fingerprint density at radius 2 is 2.06 bits per heavy atom. The topological polar surface area (TPSA) is 67.6 Å². The van der Waals surface area contributed by atoms with Crippen molar-refractivity contribution in [2.45, 2.75) is 0 Å². The zero-order valence-corrected chi connectivity index (χ0v) is 11.5. The predicted octanol–water partition coefficient (Wildman–Crippen LogP) is 3.62. The molecule has 4 nitrogen and oxygen atoms in total. The highest BCUT2D eigenvalue weighted by Crippen LogP contribution is 2.28. The number of H-pyrrole nitrogens is 1. The second-order valence-corrected chi connectivity index (χ2v) is 5.11. The van der Waals surface area contributed by atoms with Crippen LogP contribution in [0.4, 0.5) is 5.82 Å². The fourth-order valence-electron chi connectivity index (χ4n) is 1.75. The lowest BCUT2D eigenvalue weighted by Crippen LogP contribution is -1.92. The van der Waals surface area contributed by atoms with Gasteiger partial charge in [0, 0.05) is 9.50 Å². The lowest BCUT2D eigenvalue weighted by molar-refractivity contribution is 1.24. The molecule has 0 fully saturated rings. The monoisotopic (exact) mass is 322 g/mol. The molecule has 3 rings (SSSR count). The predicted molar refractivity (Wildman–Crippen MR) is 76.4 cm³/mol. The Hall–Kier alpha value is -1.59. The highest BCUT2D eigenvalue weighted by molar-refractivity contribution is 9.10. The van der Waals surface area contributed by atoms with E-state index in [-0.39, 0.29) is 0 Å². The van der Waals surface area contributed by atoms with Crippen molar-refractivity contribution in [2.24, 2.45) is 0 Å². The molecule has 0 atom stereocenters. The number of benzene rings is 1. The maximum absolute atomic E-state index is 5.99. The number of nitrogen functional groups attached to an aromatic ring is 1. The summed E-state index contributed by atoms with van der Waals surface area (Å²) in [5, 5.41) is 0.644. The molecule has 1 aromatic carbocycles. The summed E-state index contributed by atoms with van der Waals surface area (Å²) >= 11 is 9.43. The molecule has 2 aromatic heterocycles. The van der Waals surface area contributed by atoms with E-state index >= 15 is 0 Å². The molecule has 3 N–H and O–H groups in total. The van der Waals surface area contributed by atoms with E-state index in [4.69, 9.17) is 17.3 Å². The summed E-state index contributed by atoms with van der Waals surface area (Å²) in [6, 6.07) is 9.06. The molecule has 0 bridgehead atoms. The Morgan fingerprint density at radius 3 is 2.83 bits per heavy atom. The van der Waals surface area contributed by atoms with Gasteiger partial charge in [-0.1, -0.05) is 17.7 Å². The van der Waals surface area contributed by atoms with Gasteiger partial charge in [-0.2, -0.15) is 0 Å². The number of rotatable bonds is 1. The van der Waals surface area contributed by atoms with Crippen LogP contribution in [0.15, 0.2) is 34.8 Å². The van der Waals surface area contributed by atoms with E-state index in [1.807, 2.05) is 18.2 Å². The van der Waals surface area contributed by atoms with Crippen LogP contribution in [0.5, 0.6) is 0 Å². The van der Waals surface area contributed by atoms with E-state index in [2.05, 4.69) is 30.9 Å². The van der Waals surface area contributed by atoms with Crippen LogP contribution in [0, 0.1) is 0 Å². The second kappa shape index (κ2) is 4.26. The lowest BCUT2D eigenvalue weighted by atomic mass is 10.3. The number of fused-ring (bicyclic) bond motifs is 1. The van der Waals surface area contributed by atoms with Gasteiger partial charge in [0.05, 0.1) is 5.52 Å². The van der Waals surface area contributed by atoms with Crippen LogP contribution in [0.25, 0.3) is 22.6 Å². The molecule has 0 radical (unpaired) electrons. The third-order valence-electron chi connectivity index (χ3n) is 2.52. The number of nitrogens with two attached hydrogens (primary N) is 1. The van der Waals surface area contributed by atoms with E-state index in [0.717, 1.165) is 15.5 Å². The summed E-state index contributed by atoms with van der Waals surface area (Å²) in [7, 11) is 0. The summed E-state index contributed by atoms with van der Waals surface area (Å²) in [4.78, 5) is 11.9. The van der Waals surface area contributed by atoms with Gasteiger partial charge in [0.25, 0.3) is 0 Å². The maximum atomic E-state index is 5.99. The molecule has 0 saturated carbocycles. The molecule has 0 saturated heterocycles. The van der Waals surface area contributed by atoms with E-state index < -0.39 is 0 Å². The zero-order valence-electron chi connectivity index (χ0n) is 9.11. The maximum Gasteiger partial charge on any atom is 0.157 e. The summed E-state index contributed by atoms with van der Waals surface area (Å²) in [5.41, 5.74) is 8.04. The van der Waals surface area contributed by atoms with E-state index in [1.165, 1.54) is 0 Å². The Kier molecular flexibility index (Phi) is 2.72. The largest absolute Gasteiger partial charge is 0.384 e. The molecule has 6 heteroatoms. The SMILES string of the molecule is Nc1cccc(-c2nc3c(Br)cc(Cl)cc3[nH]2)n1. The van der Waals surface area contributed by atoms with E-state index in [1.54, 1.807) is 12.1 Å². The minimum atomic E-state index is 0.463. The highest BCUT2D eigenvalue weighted by Gasteiger charge is 2.10. The van der Waals surface area contributed by atoms with E-state index in [0.29, 0.717) is 22.4 Å². The molecule has 0 aliphatic rings. The van der Waals surface area contributed by atoms with Crippen LogP contribution in [0.2, 0.25) is 5.02 Å². The third-order valence-corrected chi connectivity index (χ3v) is 3.34. The number of nitrogens with one attached hydrogen (secondary N) is 1. The molecule has 0 aliphatic heterocycles. The molecule has 0 unspecified atom stereocenters. The summed E-state index contributed by atoms with van der Waals surface area (Å²) in [6.45, 7) is 0. The average molecular weight is 324 g/mol. The lowest BCUT2D eigenvalue weighted by Gasteiger charge is -1.96. The van der Waals surface area contributed by atoms with Crippen LogP contribution in [0.1, 0.15) is 0 Å². The minimum Gasteiger partial charge on any atom is -0.384 e. The molecule has 90 valence electrons. The number of pyridine rings is 1. The molecule has 0 spiro atoms. The number of imidazole rings is 1. The fraction of sp³-hybridized carbons (Fsp3) is 0. The second-order valence-electron chi connectivity index (χ2n) is 3.82. The number of halogens is 2. The number of hydrogen-bond acceptors (Lipinski definition) is 3. The number of hydrogen-bond donors (Lipinski definition) is 2. The van der Waals surface area contributed by atoms with Crippen molar-refractivity contribution < 1.29 is 0 Å². The van der Waals surface area contributed by atoms with Gasteiger partial charge in [-0.25, -0.2) is 9.97 Å². The van der Waals surface area contributed by atoms with Crippen LogP contribution in [-0.2, 0) is 0 Å². The van der Waals surface area contributed by atoms with Gasteiger partial charge in [-0.15, -0.1) is 0 Å². The van der Waals surface area contributed by atoms with Crippen molar-refractivity contribution in [3.63, 3.8) is 0 Å². The number of nitrogens with zero attached hydrogens (tertiary/aromatic N) is 2. The van der Waals surface area contributed by atoms with Crippen LogP contribution < -0.4 is 5.73 Å². The van der Waals surface area contributed by atoms with Gasteiger partial charge >= 0.3 is 0 Å². The van der Waals surface area contributed by atoms with Gasteiger partial charge in [0.1, 0.15) is 17.0 Å². The van der Waals surface area contributed by atoms with Gasteiger partial charge in [-0.3, -0.25) is 0 Å². The first-order valence-electron chi connectivity index (χ1n) is 5.21. The van der Waals surface area contributed by atoms with Crippen molar-refractivity contribution in [1.29, 1.82) is 0 Å². The molecule has 18 heavy (non-hydrogen) atoms. The van der Waals surface area contributed by atoms with Crippen LogP contribution >= 0.6 is 27.5 Å². The highest BCUT2D eigenvalue weighted by atomic mass is 79.9. The average Bonchev–Trinajstić information content (AvgIpc) is 2.73. The normalized spacial score (nSPS) is 11.0. The molecule has 3 aromatic rings.